The predicted molar refractivity (Wildman–Crippen MR) is 114 cm³/mol. The first-order valence-corrected chi connectivity index (χ1v) is 10.7. The number of carbonyl (C=O) groups excluding carboxylic acids is 1. The fourth-order valence-electron chi connectivity index (χ4n) is 4.25. The van der Waals surface area contributed by atoms with Gasteiger partial charge < -0.3 is 5.32 Å². The minimum atomic E-state index is -0.367. The highest BCUT2D eigenvalue weighted by atomic mass is 32.1. The van der Waals surface area contributed by atoms with Gasteiger partial charge in [-0.25, -0.2) is 14.4 Å². The number of para-hydroxylation sites is 1. The van der Waals surface area contributed by atoms with Gasteiger partial charge in [-0.3, -0.25) is 9.20 Å². The minimum Gasteiger partial charge on any atom is -0.309 e. The van der Waals surface area contributed by atoms with Gasteiger partial charge in [-0.15, -0.1) is 11.3 Å². The number of fused-ring (bicyclic) bond motifs is 2. The summed E-state index contributed by atoms with van der Waals surface area (Å²) >= 11 is 1.50. The first-order valence-electron chi connectivity index (χ1n) is 9.84. The molecule has 5 nitrogen and oxygen atoms in total. The lowest BCUT2D eigenvalue weighted by molar-refractivity contribution is -0.118. The second kappa shape index (κ2) is 6.91. The summed E-state index contributed by atoms with van der Waals surface area (Å²) in [7, 11) is 0. The molecule has 0 bridgehead atoms. The second-order valence-corrected chi connectivity index (χ2v) is 9.14. The van der Waals surface area contributed by atoms with Crippen molar-refractivity contribution in [3.05, 3.63) is 48.4 Å². The van der Waals surface area contributed by atoms with E-state index in [2.05, 4.69) is 17.2 Å². The van der Waals surface area contributed by atoms with Crippen LogP contribution < -0.4 is 5.32 Å². The molecule has 1 saturated carbocycles. The Kier molecular flexibility index (Phi) is 4.35. The van der Waals surface area contributed by atoms with Gasteiger partial charge in [0, 0.05) is 12.6 Å². The van der Waals surface area contributed by atoms with Crippen molar-refractivity contribution >= 4 is 38.9 Å². The molecule has 0 unspecified atom stereocenters. The van der Waals surface area contributed by atoms with Crippen molar-refractivity contribution in [2.24, 2.45) is 5.41 Å². The topological polar surface area (TPSA) is 59.3 Å². The normalized spacial score (nSPS) is 15.9. The van der Waals surface area contributed by atoms with E-state index in [4.69, 9.17) is 4.98 Å². The standard InChI is InChI=1S/C22H21FN4OS/c1-22(10-4-5-11-22)12-18(28)26-20-19(27-13-14(23)8-9-17(27)25-20)21-24-15-6-2-3-7-16(15)29-21/h2-3,6-9,13H,4-5,10-12H2,1H3,(H,26,28). The molecule has 148 valence electrons. The van der Waals surface area contributed by atoms with E-state index in [-0.39, 0.29) is 17.1 Å². The van der Waals surface area contributed by atoms with Crippen molar-refractivity contribution in [3.8, 4) is 10.7 Å². The Balaban J connectivity index is 1.57. The summed E-state index contributed by atoms with van der Waals surface area (Å²) in [5.74, 6) is 0.00972. The summed E-state index contributed by atoms with van der Waals surface area (Å²) in [6.07, 6.45) is 6.35. The van der Waals surface area contributed by atoms with Gasteiger partial charge in [0.2, 0.25) is 5.91 Å². The summed E-state index contributed by atoms with van der Waals surface area (Å²) in [6, 6.07) is 10.8. The average molecular weight is 409 g/mol. The smallest absolute Gasteiger partial charge is 0.226 e. The lowest BCUT2D eigenvalue weighted by Gasteiger charge is -2.22. The van der Waals surface area contributed by atoms with Gasteiger partial charge >= 0.3 is 0 Å². The molecule has 0 atom stereocenters. The van der Waals surface area contributed by atoms with Crippen LogP contribution in [0.1, 0.15) is 39.0 Å². The molecule has 4 aromatic rings. The van der Waals surface area contributed by atoms with Crippen molar-refractivity contribution in [1.82, 2.24) is 14.4 Å². The lowest BCUT2D eigenvalue weighted by Crippen LogP contribution is -2.22. The summed E-state index contributed by atoms with van der Waals surface area (Å²) in [6.45, 7) is 2.17. The van der Waals surface area contributed by atoms with Crippen LogP contribution in [0, 0.1) is 11.2 Å². The van der Waals surface area contributed by atoms with Crippen LogP contribution in [0.3, 0.4) is 0 Å². The van der Waals surface area contributed by atoms with Gasteiger partial charge in [0.25, 0.3) is 0 Å². The summed E-state index contributed by atoms with van der Waals surface area (Å²) in [5.41, 5.74) is 2.11. The van der Waals surface area contributed by atoms with Crippen molar-refractivity contribution in [2.75, 3.05) is 5.32 Å². The summed E-state index contributed by atoms with van der Waals surface area (Å²) in [4.78, 5) is 22.1. The number of aromatic nitrogens is 3. The number of carbonyl (C=O) groups is 1. The van der Waals surface area contributed by atoms with E-state index in [0.717, 1.165) is 23.1 Å². The molecule has 1 fully saturated rings. The molecule has 1 aromatic carbocycles. The zero-order valence-electron chi connectivity index (χ0n) is 16.1. The van der Waals surface area contributed by atoms with E-state index in [1.807, 2.05) is 24.3 Å². The summed E-state index contributed by atoms with van der Waals surface area (Å²) < 4.78 is 16.7. The molecular formula is C22H21FN4OS. The molecule has 1 N–H and O–H groups in total. The maximum absolute atomic E-state index is 14.0. The first kappa shape index (κ1) is 18.2. The maximum Gasteiger partial charge on any atom is 0.226 e. The Morgan fingerprint density at radius 1 is 1.21 bits per heavy atom. The number of amides is 1. The molecular weight excluding hydrogens is 387 g/mol. The molecule has 1 aliphatic rings. The van der Waals surface area contributed by atoms with E-state index in [1.165, 1.54) is 36.4 Å². The fraction of sp³-hybridized carbons (Fsp3) is 0.318. The molecule has 0 spiro atoms. The Morgan fingerprint density at radius 2 is 2.00 bits per heavy atom. The van der Waals surface area contributed by atoms with E-state index in [0.29, 0.717) is 28.6 Å². The third kappa shape index (κ3) is 3.40. The van der Waals surface area contributed by atoms with Gasteiger partial charge in [0.1, 0.15) is 22.2 Å². The third-order valence-electron chi connectivity index (χ3n) is 5.73. The van der Waals surface area contributed by atoms with Crippen LogP contribution in [0.4, 0.5) is 10.2 Å². The second-order valence-electron chi connectivity index (χ2n) is 8.11. The highest BCUT2D eigenvalue weighted by molar-refractivity contribution is 7.21. The van der Waals surface area contributed by atoms with Crippen LogP contribution in [-0.2, 0) is 4.79 Å². The number of pyridine rings is 1. The number of nitrogens with zero attached hydrogens (tertiary/aromatic N) is 3. The predicted octanol–water partition coefficient (Wildman–Crippen LogP) is 5.66. The molecule has 0 saturated heterocycles. The third-order valence-corrected chi connectivity index (χ3v) is 6.78. The maximum atomic E-state index is 14.0. The van der Waals surface area contributed by atoms with Gasteiger partial charge in [0.15, 0.2) is 5.82 Å². The quantitative estimate of drug-likeness (QED) is 0.474. The summed E-state index contributed by atoms with van der Waals surface area (Å²) in [5, 5.41) is 3.69. The van der Waals surface area contributed by atoms with E-state index < -0.39 is 0 Å². The molecule has 29 heavy (non-hydrogen) atoms. The minimum absolute atomic E-state index is 0.0470. The fourth-order valence-corrected chi connectivity index (χ4v) is 5.26. The van der Waals surface area contributed by atoms with Crippen LogP contribution in [0.25, 0.3) is 26.6 Å². The number of hydrogen-bond donors (Lipinski definition) is 1. The van der Waals surface area contributed by atoms with E-state index in [1.54, 1.807) is 10.5 Å². The monoisotopic (exact) mass is 408 g/mol. The Bertz CT molecular complexity index is 1190. The molecule has 3 aromatic heterocycles. The zero-order chi connectivity index (χ0) is 20.0. The number of thiazole rings is 1. The van der Waals surface area contributed by atoms with Crippen molar-refractivity contribution < 1.29 is 9.18 Å². The molecule has 0 radical (unpaired) electrons. The molecule has 1 amide bonds. The van der Waals surface area contributed by atoms with E-state index in [9.17, 15) is 9.18 Å². The van der Waals surface area contributed by atoms with Crippen molar-refractivity contribution in [2.45, 2.75) is 39.0 Å². The number of rotatable bonds is 4. The van der Waals surface area contributed by atoms with Crippen LogP contribution in [-0.4, -0.2) is 20.3 Å². The van der Waals surface area contributed by atoms with Crippen LogP contribution in [0.2, 0.25) is 0 Å². The van der Waals surface area contributed by atoms with Gasteiger partial charge in [-0.05, 0) is 42.5 Å². The molecule has 0 aliphatic heterocycles. The van der Waals surface area contributed by atoms with Gasteiger partial charge in [-0.1, -0.05) is 31.9 Å². The Morgan fingerprint density at radius 3 is 2.79 bits per heavy atom. The van der Waals surface area contributed by atoms with Crippen LogP contribution >= 0.6 is 11.3 Å². The molecule has 5 rings (SSSR count). The number of halogens is 1. The molecule has 3 heterocycles. The number of benzene rings is 1. The van der Waals surface area contributed by atoms with Gasteiger partial charge in [0.05, 0.1) is 10.2 Å². The molecule has 7 heteroatoms. The van der Waals surface area contributed by atoms with Crippen LogP contribution in [0.15, 0.2) is 42.6 Å². The van der Waals surface area contributed by atoms with Crippen LogP contribution in [0.5, 0.6) is 0 Å². The van der Waals surface area contributed by atoms with Gasteiger partial charge in [-0.2, -0.15) is 0 Å². The number of hydrogen-bond acceptors (Lipinski definition) is 4. The molecule has 1 aliphatic carbocycles. The average Bonchev–Trinajstić information content (AvgIpc) is 3.37. The Labute approximate surface area is 171 Å². The highest BCUT2D eigenvalue weighted by Gasteiger charge is 2.31. The Hall–Kier alpha value is -2.80. The first-order chi connectivity index (χ1) is 14.0. The zero-order valence-corrected chi connectivity index (χ0v) is 16.9. The largest absolute Gasteiger partial charge is 0.309 e. The highest BCUT2D eigenvalue weighted by Crippen LogP contribution is 2.41. The number of imidazole rings is 1. The number of nitrogens with one attached hydrogen (secondary N) is 1. The van der Waals surface area contributed by atoms with Crippen molar-refractivity contribution in [3.63, 3.8) is 0 Å². The lowest BCUT2D eigenvalue weighted by atomic mass is 9.85. The van der Waals surface area contributed by atoms with Crippen molar-refractivity contribution in [1.29, 1.82) is 0 Å². The number of anilines is 1. The SMILES string of the molecule is CC1(CC(=O)Nc2nc3ccc(F)cn3c2-c2nc3ccccc3s2)CCCC1. The van der Waals surface area contributed by atoms with E-state index >= 15 is 0 Å².